The van der Waals surface area contributed by atoms with E-state index in [1.54, 1.807) is 4.68 Å². The number of nitrogens with one attached hydrogen (secondary N) is 1. The Morgan fingerprint density at radius 3 is 2.45 bits per heavy atom. The van der Waals surface area contributed by atoms with Crippen molar-refractivity contribution < 1.29 is 4.79 Å². The van der Waals surface area contributed by atoms with Gasteiger partial charge in [0.05, 0.1) is 11.1 Å². The van der Waals surface area contributed by atoms with Gasteiger partial charge in [0.15, 0.2) is 0 Å². The highest BCUT2D eigenvalue weighted by molar-refractivity contribution is 5.85. The monoisotopic (exact) mass is 302 g/mol. The van der Waals surface area contributed by atoms with Gasteiger partial charge in [0.25, 0.3) is 0 Å². The molecular formula is C14H27ClN4O. The minimum atomic E-state index is -0.436. The summed E-state index contributed by atoms with van der Waals surface area (Å²) in [5.41, 5.74) is 7.46. The highest BCUT2D eigenvalue weighted by Crippen LogP contribution is 2.25. The first kappa shape index (κ1) is 18.9. The molecular weight excluding hydrogens is 276 g/mol. The maximum Gasteiger partial charge on any atom is 0.227 e. The van der Waals surface area contributed by atoms with Crippen LogP contribution < -0.4 is 11.1 Å². The van der Waals surface area contributed by atoms with E-state index in [-0.39, 0.29) is 18.3 Å². The summed E-state index contributed by atoms with van der Waals surface area (Å²) in [6, 6.07) is 0. The Hall–Kier alpha value is -1.07. The van der Waals surface area contributed by atoms with Crippen molar-refractivity contribution in [3.63, 3.8) is 0 Å². The molecule has 6 heteroatoms. The van der Waals surface area contributed by atoms with Gasteiger partial charge >= 0.3 is 0 Å². The van der Waals surface area contributed by atoms with Crippen LogP contribution in [-0.4, -0.2) is 22.2 Å². The summed E-state index contributed by atoms with van der Waals surface area (Å²) >= 11 is 0. The second-order valence-corrected chi connectivity index (χ2v) is 5.00. The van der Waals surface area contributed by atoms with Crippen LogP contribution in [0.5, 0.6) is 0 Å². The molecule has 0 saturated heterocycles. The second kappa shape index (κ2) is 8.27. The Morgan fingerprint density at radius 2 is 2.00 bits per heavy atom. The smallest absolute Gasteiger partial charge is 0.227 e. The molecule has 0 aliphatic carbocycles. The van der Waals surface area contributed by atoms with E-state index in [4.69, 9.17) is 5.73 Å². The maximum absolute atomic E-state index is 12.3. The van der Waals surface area contributed by atoms with E-state index in [1.165, 1.54) is 0 Å². The van der Waals surface area contributed by atoms with Gasteiger partial charge in [-0.15, -0.1) is 12.4 Å². The molecule has 3 N–H and O–H groups in total. The molecule has 0 radical (unpaired) electrons. The van der Waals surface area contributed by atoms with Gasteiger partial charge in [-0.25, -0.2) is 0 Å². The van der Waals surface area contributed by atoms with Crippen LogP contribution in [0.15, 0.2) is 6.20 Å². The number of carbonyl (C=O) groups is 1. The fourth-order valence-corrected chi connectivity index (χ4v) is 2.34. The van der Waals surface area contributed by atoms with Gasteiger partial charge in [-0.2, -0.15) is 5.10 Å². The molecule has 0 aliphatic rings. The van der Waals surface area contributed by atoms with E-state index in [0.29, 0.717) is 13.1 Å². The lowest BCUT2D eigenvalue weighted by Crippen LogP contribution is -2.45. The fourth-order valence-electron chi connectivity index (χ4n) is 2.34. The van der Waals surface area contributed by atoms with Gasteiger partial charge in [0, 0.05) is 31.9 Å². The molecule has 0 aromatic carbocycles. The number of hydrogen-bond acceptors (Lipinski definition) is 3. The molecule has 1 aromatic rings. The van der Waals surface area contributed by atoms with Crippen molar-refractivity contribution in [1.29, 1.82) is 0 Å². The maximum atomic E-state index is 12.3. The van der Waals surface area contributed by atoms with Crippen molar-refractivity contribution in [2.24, 2.45) is 18.2 Å². The first-order chi connectivity index (χ1) is 9.02. The minimum Gasteiger partial charge on any atom is -0.351 e. The number of amides is 1. The summed E-state index contributed by atoms with van der Waals surface area (Å²) in [4.78, 5) is 12.3. The number of carbonyl (C=O) groups excluding carboxylic acids is 1. The lowest BCUT2D eigenvalue weighted by molar-refractivity contribution is -0.131. The van der Waals surface area contributed by atoms with E-state index in [9.17, 15) is 4.79 Å². The van der Waals surface area contributed by atoms with Crippen molar-refractivity contribution in [3.05, 3.63) is 17.5 Å². The van der Waals surface area contributed by atoms with E-state index >= 15 is 0 Å². The molecule has 0 fully saturated rings. The number of hydrogen-bond donors (Lipinski definition) is 2. The Bertz CT molecular complexity index is 419. The summed E-state index contributed by atoms with van der Waals surface area (Å²) in [6.07, 6.45) is 4.36. The molecule has 1 heterocycles. The molecule has 1 aromatic heterocycles. The fraction of sp³-hybridized carbons (Fsp3) is 0.714. The SMILES string of the molecule is CCc1nn(C)cc1CNC(=O)C(CC)(CC)CN.Cl. The molecule has 0 spiro atoms. The summed E-state index contributed by atoms with van der Waals surface area (Å²) in [7, 11) is 1.90. The molecule has 0 saturated carbocycles. The van der Waals surface area contributed by atoms with E-state index in [0.717, 1.165) is 30.5 Å². The second-order valence-electron chi connectivity index (χ2n) is 5.00. The standard InChI is InChI=1S/C14H26N4O.ClH/c1-5-12-11(9-18(4)17-12)8-16-13(19)14(6-2,7-3)10-15;/h9H,5-8,10,15H2,1-4H3,(H,16,19);1H. The molecule has 5 nitrogen and oxygen atoms in total. The van der Waals surface area contributed by atoms with Crippen molar-refractivity contribution in [1.82, 2.24) is 15.1 Å². The zero-order valence-electron chi connectivity index (χ0n) is 12.9. The molecule has 1 amide bonds. The van der Waals surface area contributed by atoms with Crippen LogP contribution >= 0.6 is 12.4 Å². The average molecular weight is 303 g/mol. The van der Waals surface area contributed by atoms with Crippen LogP contribution in [0.3, 0.4) is 0 Å². The zero-order valence-corrected chi connectivity index (χ0v) is 13.7. The predicted molar refractivity (Wildman–Crippen MR) is 83.8 cm³/mol. The molecule has 20 heavy (non-hydrogen) atoms. The van der Waals surface area contributed by atoms with Crippen LogP contribution in [0, 0.1) is 5.41 Å². The Balaban J connectivity index is 0.00000361. The largest absolute Gasteiger partial charge is 0.351 e. The Kier molecular flexibility index (Phi) is 7.83. The van der Waals surface area contributed by atoms with Crippen LogP contribution in [0.2, 0.25) is 0 Å². The topological polar surface area (TPSA) is 72.9 Å². The Labute approximate surface area is 127 Å². The molecule has 0 aliphatic heterocycles. The van der Waals surface area contributed by atoms with Gasteiger partial charge < -0.3 is 11.1 Å². The number of aryl methyl sites for hydroxylation is 2. The third-order valence-corrected chi connectivity index (χ3v) is 3.99. The summed E-state index contributed by atoms with van der Waals surface area (Å²) in [6.45, 7) is 7.00. The van der Waals surface area contributed by atoms with Crippen molar-refractivity contribution in [2.75, 3.05) is 6.54 Å². The first-order valence-corrected chi connectivity index (χ1v) is 7.02. The van der Waals surface area contributed by atoms with Crippen molar-refractivity contribution in [3.8, 4) is 0 Å². The predicted octanol–water partition coefficient (Wildman–Crippen LogP) is 1.79. The van der Waals surface area contributed by atoms with Crippen LogP contribution in [0.25, 0.3) is 0 Å². The van der Waals surface area contributed by atoms with E-state index in [1.807, 2.05) is 27.1 Å². The highest BCUT2D eigenvalue weighted by Gasteiger charge is 2.33. The van der Waals surface area contributed by atoms with Crippen LogP contribution in [0.4, 0.5) is 0 Å². The normalized spacial score (nSPS) is 11.1. The summed E-state index contributed by atoms with van der Waals surface area (Å²) in [5, 5.41) is 7.38. The third-order valence-electron chi connectivity index (χ3n) is 3.99. The quantitative estimate of drug-likeness (QED) is 0.806. The molecule has 1 rings (SSSR count). The van der Waals surface area contributed by atoms with E-state index < -0.39 is 5.41 Å². The van der Waals surface area contributed by atoms with Gasteiger partial charge in [-0.05, 0) is 19.3 Å². The molecule has 0 atom stereocenters. The minimum absolute atomic E-state index is 0. The highest BCUT2D eigenvalue weighted by atomic mass is 35.5. The number of rotatable bonds is 7. The third kappa shape index (κ3) is 3.96. The van der Waals surface area contributed by atoms with Gasteiger partial charge in [0.2, 0.25) is 5.91 Å². The lowest BCUT2D eigenvalue weighted by Gasteiger charge is -2.28. The van der Waals surface area contributed by atoms with Gasteiger partial charge in [0.1, 0.15) is 0 Å². The van der Waals surface area contributed by atoms with Crippen LogP contribution in [-0.2, 0) is 24.8 Å². The lowest BCUT2D eigenvalue weighted by atomic mass is 9.81. The summed E-state index contributed by atoms with van der Waals surface area (Å²) in [5.74, 6) is 0.0471. The van der Waals surface area contributed by atoms with E-state index in [2.05, 4.69) is 17.3 Å². The molecule has 0 bridgehead atoms. The summed E-state index contributed by atoms with van der Waals surface area (Å²) < 4.78 is 1.79. The van der Waals surface area contributed by atoms with Crippen LogP contribution in [0.1, 0.15) is 44.9 Å². The number of nitrogens with zero attached hydrogens (tertiary/aromatic N) is 2. The number of aromatic nitrogens is 2. The first-order valence-electron chi connectivity index (χ1n) is 7.02. The number of halogens is 1. The number of nitrogens with two attached hydrogens (primary N) is 1. The molecule has 0 unspecified atom stereocenters. The molecule has 116 valence electrons. The van der Waals surface area contributed by atoms with Gasteiger partial charge in [-0.1, -0.05) is 20.8 Å². The average Bonchev–Trinajstić information content (AvgIpc) is 2.79. The Morgan fingerprint density at radius 1 is 1.40 bits per heavy atom. The van der Waals surface area contributed by atoms with Crippen molar-refractivity contribution in [2.45, 2.75) is 46.6 Å². The zero-order chi connectivity index (χ0) is 14.5. The van der Waals surface area contributed by atoms with Crippen molar-refractivity contribution >= 4 is 18.3 Å². The van der Waals surface area contributed by atoms with Gasteiger partial charge in [-0.3, -0.25) is 9.48 Å².